The zero-order chi connectivity index (χ0) is 14.5. The molecular formula is C18H20N2O. The molecule has 1 heterocycles. The van der Waals surface area contributed by atoms with E-state index in [0.717, 1.165) is 37.1 Å². The van der Waals surface area contributed by atoms with Crippen molar-refractivity contribution in [2.24, 2.45) is 4.99 Å². The number of amidine groups is 1. The molecule has 0 spiro atoms. The first kappa shape index (κ1) is 13.8. The van der Waals surface area contributed by atoms with Gasteiger partial charge in [0.1, 0.15) is 5.84 Å². The Balaban J connectivity index is 2.13. The molecular weight excluding hydrogens is 260 g/mol. The highest BCUT2D eigenvalue weighted by Crippen LogP contribution is 2.31. The molecule has 0 aliphatic carbocycles. The zero-order valence-corrected chi connectivity index (χ0v) is 12.0. The summed E-state index contributed by atoms with van der Waals surface area (Å²) in [7, 11) is 0. The largest absolute Gasteiger partial charge is 0.373 e. The van der Waals surface area contributed by atoms with Crippen molar-refractivity contribution in [3.05, 3.63) is 71.8 Å². The van der Waals surface area contributed by atoms with Crippen LogP contribution < -0.4 is 5.32 Å². The van der Waals surface area contributed by atoms with Gasteiger partial charge in [-0.3, -0.25) is 4.99 Å². The highest BCUT2D eigenvalue weighted by atomic mass is 16.3. The number of nitrogens with zero attached hydrogens (tertiary/aromatic N) is 1. The first-order valence-corrected chi connectivity index (χ1v) is 7.44. The van der Waals surface area contributed by atoms with E-state index in [4.69, 9.17) is 0 Å². The van der Waals surface area contributed by atoms with Crippen LogP contribution in [-0.4, -0.2) is 24.0 Å². The minimum Gasteiger partial charge on any atom is -0.373 e. The fourth-order valence-corrected chi connectivity index (χ4v) is 2.73. The molecule has 0 aromatic heterocycles. The summed E-state index contributed by atoms with van der Waals surface area (Å²) in [4.78, 5) is 4.60. The Hall–Kier alpha value is -2.13. The molecule has 21 heavy (non-hydrogen) atoms. The summed E-state index contributed by atoms with van der Waals surface area (Å²) in [5.41, 5.74) is 0.459. The third-order valence-corrected chi connectivity index (χ3v) is 3.87. The molecule has 2 aromatic rings. The van der Waals surface area contributed by atoms with E-state index in [1.165, 1.54) is 0 Å². The Morgan fingerprint density at radius 3 is 2.00 bits per heavy atom. The number of aliphatic imine (C=N–C) groups is 1. The molecule has 0 atom stereocenters. The van der Waals surface area contributed by atoms with Gasteiger partial charge in [0.25, 0.3) is 0 Å². The summed E-state index contributed by atoms with van der Waals surface area (Å²) in [6.45, 7) is 1.60. The van der Waals surface area contributed by atoms with E-state index in [1.807, 2.05) is 60.7 Å². The molecule has 0 unspecified atom stereocenters. The van der Waals surface area contributed by atoms with E-state index in [9.17, 15) is 5.11 Å². The van der Waals surface area contributed by atoms with Gasteiger partial charge in [0.15, 0.2) is 5.60 Å². The van der Waals surface area contributed by atoms with Gasteiger partial charge >= 0.3 is 0 Å². The molecule has 1 aliphatic heterocycles. The average Bonchev–Trinajstić information content (AvgIpc) is 2.85. The van der Waals surface area contributed by atoms with Crippen LogP contribution in [0.25, 0.3) is 0 Å². The molecule has 2 N–H and O–H groups in total. The summed E-state index contributed by atoms with van der Waals surface area (Å²) >= 11 is 0. The molecule has 0 bridgehead atoms. The molecule has 0 amide bonds. The summed E-state index contributed by atoms with van der Waals surface area (Å²) in [5.74, 6) is 0.650. The Labute approximate surface area is 125 Å². The standard InChI is InChI=1S/C18H20N2O/c21-18(15-9-3-1-4-10-15,16-11-5-2-6-12-16)17-19-13-7-8-14-20-17/h1-6,9-12,21H,7-8,13-14H2,(H,19,20). The van der Waals surface area contributed by atoms with Crippen LogP contribution in [0.1, 0.15) is 24.0 Å². The lowest BCUT2D eigenvalue weighted by molar-refractivity contribution is 0.151. The van der Waals surface area contributed by atoms with E-state index in [0.29, 0.717) is 5.84 Å². The third-order valence-electron chi connectivity index (χ3n) is 3.87. The number of aliphatic hydroxyl groups is 1. The maximum absolute atomic E-state index is 11.5. The second-order valence-corrected chi connectivity index (χ2v) is 5.31. The molecule has 2 aromatic carbocycles. The van der Waals surface area contributed by atoms with Crippen LogP contribution in [0.5, 0.6) is 0 Å². The topological polar surface area (TPSA) is 44.6 Å². The van der Waals surface area contributed by atoms with Crippen LogP contribution in [0.15, 0.2) is 65.7 Å². The van der Waals surface area contributed by atoms with Gasteiger partial charge in [-0.05, 0) is 24.0 Å². The second-order valence-electron chi connectivity index (χ2n) is 5.31. The van der Waals surface area contributed by atoms with Crippen LogP contribution in [-0.2, 0) is 5.60 Å². The van der Waals surface area contributed by atoms with E-state index in [-0.39, 0.29) is 0 Å². The molecule has 108 valence electrons. The van der Waals surface area contributed by atoms with Crippen LogP contribution in [0.2, 0.25) is 0 Å². The molecule has 3 heteroatoms. The highest BCUT2D eigenvalue weighted by molar-refractivity contribution is 5.94. The molecule has 0 radical (unpaired) electrons. The van der Waals surface area contributed by atoms with Gasteiger partial charge in [-0.2, -0.15) is 0 Å². The van der Waals surface area contributed by atoms with Crippen molar-refractivity contribution < 1.29 is 5.11 Å². The van der Waals surface area contributed by atoms with Crippen LogP contribution in [0.4, 0.5) is 0 Å². The first-order valence-electron chi connectivity index (χ1n) is 7.44. The Bertz CT molecular complexity index is 568. The van der Waals surface area contributed by atoms with E-state index in [2.05, 4.69) is 10.3 Å². The highest BCUT2D eigenvalue weighted by Gasteiger charge is 2.37. The van der Waals surface area contributed by atoms with Gasteiger partial charge < -0.3 is 10.4 Å². The predicted octanol–water partition coefficient (Wildman–Crippen LogP) is 2.70. The Morgan fingerprint density at radius 1 is 0.857 bits per heavy atom. The fourth-order valence-electron chi connectivity index (χ4n) is 2.73. The molecule has 0 fully saturated rings. The summed E-state index contributed by atoms with van der Waals surface area (Å²) < 4.78 is 0. The minimum absolute atomic E-state index is 0.650. The SMILES string of the molecule is OC(C1=NCCCCN1)(c1ccccc1)c1ccccc1. The molecule has 0 saturated carbocycles. The van der Waals surface area contributed by atoms with Crippen molar-refractivity contribution >= 4 is 5.84 Å². The van der Waals surface area contributed by atoms with E-state index in [1.54, 1.807) is 0 Å². The lowest BCUT2D eigenvalue weighted by atomic mass is 9.85. The maximum Gasteiger partial charge on any atom is 0.172 e. The van der Waals surface area contributed by atoms with Gasteiger partial charge in [-0.25, -0.2) is 0 Å². The predicted molar refractivity (Wildman–Crippen MR) is 85.4 cm³/mol. The number of rotatable bonds is 3. The van der Waals surface area contributed by atoms with Crippen molar-refractivity contribution in [3.8, 4) is 0 Å². The second kappa shape index (κ2) is 6.10. The first-order chi connectivity index (χ1) is 10.3. The lowest BCUT2D eigenvalue weighted by Gasteiger charge is -2.31. The summed E-state index contributed by atoms with van der Waals surface area (Å²) in [6, 6.07) is 19.5. The smallest absolute Gasteiger partial charge is 0.172 e. The third kappa shape index (κ3) is 2.69. The van der Waals surface area contributed by atoms with Crippen molar-refractivity contribution in [3.63, 3.8) is 0 Å². The maximum atomic E-state index is 11.5. The van der Waals surface area contributed by atoms with Gasteiger partial charge in [0.2, 0.25) is 0 Å². The molecule has 3 nitrogen and oxygen atoms in total. The molecule has 3 rings (SSSR count). The average molecular weight is 280 g/mol. The zero-order valence-electron chi connectivity index (χ0n) is 12.0. The monoisotopic (exact) mass is 280 g/mol. The lowest BCUT2D eigenvalue weighted by Crippen LogP contribution is -2.45. The number of hydrogen-bond acceptors (Lipinski definition) is 3. The summed E-state index contributed by atoms with van der Waals surface area (Å²) in [5, 5.41) is 14.8. The summed E-state index contributed by atoms with van der Waals surface area (Å²) in [6.07, 6.45) is 2.13. The number of benzene rings is 2. The van der Waals surface area contributed by atoms with Crippen molar-refractivity contribution in [1.29, 1.82) is 0 Å². The van der Waals surface area contributed by atoms with Crippen LogP contribution in [0, 0.1) is 0 Å². The van der Waals surface area contributed by atoms with E-state index < -0.39 is 5.60 Å². The van der Waals surface area contributed by atoms with Crippen molar-refractivity contribution in [1.82, 2.24) is 5.32 Å². The number of hydrogen-bond donors (Lipinski definition) is 2. The van der Waals surface area contributed by atoms with Gasteiger partial charge in [-0.1, -0.05) is 60.7 Å². The van der Waals surface area contributed by atoms with Gasteiger partial charge in [0, 0.05) is 13.1 Å². The minimum atomic E-state index is -1.22. The van der Waals surface area contributed by atoms with Gasteiger partial charge in [-0.15, -0.1) is 0 Å². The van der Waals surface area contributed by atoms with Crippen molar-refractivity contribution in [2.45, 2.75) is 18.4 Å². The van der Waals surface area contributed by atoms with Crippen LogP contribution in [0.3, 0.4) is 0 Å². The Morgan fingerprint density at radius 2 is 1.43 bits per heavy atom. The van der Waals surface area contributed by atoms with Crippen LogP contribution >= 0.6 is 0 Å². The molecule has 1 aliphatic rings. The van der Waals surface area contributed by atoms with E-state index >= 15 is 0 Å². The van der Waals surface area contributed by atoms with Crippen molar-refractivity contribution in [2.75, 3.05) is 13.1 Å². The Kier molecular flexibility index (Phi) is 4.02. The van der Waals surface area contributed by atoms with Gasteiger partial charge in [0.05, 0.1) is 0 Å². The fraction of sp³-hybridized carbons (Fsp3) is 0.278. The number of nitrogens with one attached hydrogen (secondary N) is 1. The molecule has 0 saturated heterocycles. The normalized spacial score (nSPS) is 15.8. The quantitative estimate of drug-likeness (QED) is 0.908.